The number of hydrogen-bond acceptors (Lipinski definition) is 5. The summed E-state index contributed by atoms with van der Waals surface area (Å²) in [5.41, 5.74) is 0.544. The number of aliphatic hydroxyl groups is 2. The van der Waals surface area contributed by atoms with Crippen molar-refractivity contribution in [2.45, 2.75) is 25.4 Å². The van der Waals surface area contributed by atoms with Gasteiger partial charge in [-0.05, 0) is 51.1 Å². The predicted molar refractivity (Wildman–Crippen MR) is 81.1 cm³/mol. The molecule has 1 unspecified atom stereocenters. The van der Waals surface area contributed by atoms with Crippen LogP contribution in [0.4, 0.5) is 0 Å². The molecule has 0 spiro atoms. The third-order valence-electron chi connectivity index (χ3n) is 3.13. The Bertz CT molecular complexity index is 445. The van der Waals surface area contributed by atoms with Crippen molar-refractivity contribution in [1.29, 1.82) is 5.26 Å². The molecule has 0 aromatic heterocycles. The van der Waals surface area contributed by atoms with Gasteiger partial charge in [0.1, 0.15) is 18.5 Å². The number of likely N-dealkylation sites (N-methyl/N-ethyl adjacent to an activating group) is 1. The summed E-state index contributed by atoms with van der Waals surface area (Å²) in [6.07, 6.45) is 2.26. The maximum atomic E-state index is 9.94. The number of unbranched alkanes of at least 4 members (excludes halogenated alkanes) is 2. The van der Waals surface area contributed by atoms with Gasteiger partial charge in [0.15, 0.2) is 0 Å². The number of aliphatic hydroxyl groups excluding tert-OH is 2. The summed E-state index contributed by atoms with van der Waals surface area (Å²) in [6, 6.07) is 8.95. The summed E-state index contributed by atoms with van der Waals surface area (Å²) in [4.78, 5) is 2.05. The Morgan fingerprint density at radius 3 is 2.86 bits per heavy atom. The molecule has 5 nitrogen and oxygen atoms in total. The van der Waals surface area contributed by atoms with E-state index in [4.69, 9.17) is 15.1 Å². The maximum Gasteiger partial charge on any atom is 0.120 e. The fourth-order valence-electron chi connectivity index (χ4n) is 2.02. The summed E-state index contributed by atoms with van der Waals surface area (Å²) in [7, 11) is 1.96. The minimum Gasteiger partial charge on any atom is -0.491 e. The number of hydrogen-bond donors (Lipinski definition) is 2. The number of ether oxygens (including phenoxy) is 1. The molecule has 0 radical (unpaired) electrons. The highest BCUT2D eigenvalue weighted by Crippen LogP contribution is 2.12. The van der Waals surface area contributed by atoms with Crippen molar-refractivity contribution in [1.82, 2.24) is 4.90 Å². The van der Waals surface area contributed by atoms with Crippen LogP contribution in [0.15, 0.2) is 24.3 Å². The first kappa shape index (κ1) is 17.4. The third-order valence-corrected chi connectivity index (χ3v) is 3.13. The average molecular weight is 292 g/mol. The van der Waals surface area contributed by atoms with E-state index in [2.05, 4.69) is 11.0 Å². The van der Waals surface area contributed by atoms with Gasteiger partial charge in [-0.1, -0.05) is 6.07 Å². The van der Waals surface area contributed by atoms with E-state index < -0.39 is 6.10 Å². The van der Waals surface area contributed by atoms with Crippen molar-refractivity contribution < 1.29 is 14.9 Å². The van der Waals surface area contributed by atoms with Crippen LogP contribution in [-0.2, 0) is 0 Å². The zero-order valence-electron chi connectivity index (χ0n) is 12.5. The maximum absolute atomic E-state index is 9.94. The number of nitriles is 1. The second-order valence-electron chi connectivity index (χ2n) is 5.15. The first-order chi connectivity index (χ1) is 10.2. The minimum atomic E-state index is -0.571. The van der Waals surface area contributed by atoms with Crippen LogP contribution in [0.25, 0.3) is 0 Å². The van der Waals surface area contributed by atoms with Gasteiger partial charge in [-0.15, -0.1) is 0 Å². The van der Waals surface area contributed by atoms with E-state index in [1.165, 1.54) is 0 Å². The molecule has 0 aliphatic heterocycles. The lowest BCUT2D eigenvalue weighted by atomic mass is 10.2. The Balaban J connectivity index is 2.23. The quantitative estimate of drug-likeness (QED) is 0.637. The van der Waals surface area contributed by atoms with Gasteiger partial charge in [0, 0.05) is 13.2 Å². The molecule has 0 heterocycles. The van der Waals surface area contributed by atoms with Crippen molar-refractivity contribution >= 4 is 0 Å². The Morgan fingerprint density at radius 2 is 2.14 bits per heavy atom. The Hall–Kier alpha value is -1.61. The van der Waals surface area contributed by atoms with Gasteiger partial charge < -0.3 is 19.8 Å². The third kappa shape index (κ3) is 7.66. The molecule has 0 amide bonds. The molecule has 1 atom stereocenters. The molecule has 0 bridgehead atoms. The van der Waals surface area contributed by atoms with Gasteiger partial charge in [0.2, 0.25) is 0 Å². The molecule has 0 aliphatic carbocycles. The van der Waals surface area contributed by atoms with E-state index in [9.17, 15) is 5.11 Å². The van der Waals surface area contributed by atoms with Crippen LogP contribution in [0.1, 0.15) is 24.8 Å². The van der Waals surface area contributed by atoms with Crippen molar-refractivity contribution in [3.63, 3.8) is 0 Å². The van der Waals surface area contributed by atoms with Crippen LogP contribution in [0.3, 0.4) is 0 Å². The van der Waals surface area contributed by atoms with Gasteiger partial charge in [-0.25, -0.2) is 0 Å². The van der Waals surface area contributed by atoms with Crippen LogP contribution in [0, 0.1) is 11.3 Å². The molecular weight excluding hydrogens is 268 g/mol. The fraction of sp³-hybridized carbons (Fsp3) is 0.562. The monoisotopic (exact) mass is 292 g/mol. The van der Waals surface area contributed by atoms with E-state index >= 15 is 0 Å². The minimum absolute atomic E-state index is 0.204. The first-order valence-electron chi connectivity index (χ1n) is 7.26. The molecule has 1 aromatic rings. The highest BCUT2D eigenvalue weighted by atomic mass is 16.5. The lowest BCUT2D eigenvalue weighted by Crippen LogP contribution is -2.33. The molecule has 21 heavy (non-hydrogen) atoms. The molecule has 116 valence electrons. The highest BCUT2D eigenvalue weighted by Gasteiger charge is 2.09. The average Bonchev–Trinajstić information content (AvgIpc) is 2.50. The summed E-state index contributed by atoms with van der Waals surface area (Å²) in [5.74, 6) is 0.596. The number of nitrogens with zero attached hydrogens (tertiary/aromatic N) is 2. The van der Waals surface area contributed by atoms with Crippen molar-refractivity contribution in [3.8, 4) is 11.8 Å². The number of benzene rings is 1. The summed E-state index contributed by atoms with van der Waals surface area (Å²) in [6.45, 7) is 1.87. The van der Waals surface area contributed by atoms with E-state index in [1.807, 2.05) is 7.05 Å². The molecule has 0 aliphatic rings. The van der Waals surface area contributed by atoms with Crippen molar-refractivity contribution in [2.75, 3.05) is 33.4 Å². The summed E-state index contributed by atoms with van der Waals surface area (Å²) < 4.78 is 5.49. The highest BCUT2D eigenvalue weighted by molar-refractivity contribution is 5.36. The summed E-state index contributed by atoms with van der Waals surface area (Å²) >= 11 is 0. The van der Waals surface area contributed by atoms with E-state index in [-0.39, 0.29) is 13.2 Å². The largest absolute Gasteiger partial charge is 0.491 e. The van der Waals surface area contributed by atoms with Crippen molar-refractivity contribution in [2.24, 2.45) is 0 Å². The lowest BCUT2D eigenvalue weighted by Gasteiger charge is -2.20. The normalized spacial score (nSPS) is 12.1. The second-order valence-corrected chi connectivity index (χ2v) is 5.15. The SMILES string of the molecule is CN(CCCCCO)CC(O)COc1cccc(C#N)c1. The molecular formula is C16H24N2O3. The van der Waals surface area contributed by atoms with Crippen LogP contribution in [0.2, 0.25) is 0 Å². The zero-order valence-corrected chi connectivity index (χ0v) is 12.5. The van der Waals surface area contributed by atoms with Gasteiger partial charge >= 0.3 is 0 Å². The fourth-order valence-corrected chi connectivity index (χ4v) is 2.02. The Kier molecular flexibility index (Phi) is 8.44. The molecule has 0 saturated carbocycles. The topological polar surface area (TPSA) is 76.7 Å². The zero-order chi connectivity index (χ0) is 15.5. The smallest absolute Gasteiger partial charge is 0.120 e. The Morgan fingerprint density at radius 1 is 1.33 bits per heavy atom. The molecule has 5 heteroatoms. The molecule has 0 fully saturated rings. The predicted octanol–water partition coefficient (Wildman–Crippen LogP) is 1.39. The first-order valence-corrected chi connectivity index (χ1v) is 7.26. The van der Waals surface area contributed by atoms with Crippen LogP contribution >= 0.6 is 0 Å². The van der Waals surface area contributed by atoms with E-state index in [0.717, 1.165) is 25.8 Å². The molecule has 0 saturated heterocycles. The van der Waals surface area contributed by atoms with E-state index in [0.29, 0.717) is 17.9 Å². The lowest BCUT2D eigenvalue weighted by molar-refractivity contribution is 0.0757. The summed E-state index contributed by atoms with van der Waals surface area (Å²) in [5, 5.41) is 27.4. The van der Waals surface area contributed by atoms with Gasteiger partial charge in [-0.2, -0.15) is 5.26 Å². The van der Waals surface area contributed by atoms with Crippen LogP contribution in [-0.4, -0.2) is 54.6 Å². The molecule has 2 N–H and O–H groups in total. The second kappa shape index (κ2) is 10.2. The molecule has 1 rings (SSSR count). The number of rotatable bonds is 10. The Labute approximate surface area is 126 Å². The van der Waals surface area contributed by atoms with Crippen LogP contribution in [0.5, 0.6) is 5.75 Å². The van der Waals surface area contributed by atoms with Gasteiger partial charge in [-0.3, -0.25) is 0 Å². The van der Waals surface area contributed by atoms with Crippen molar-refractivity contribution in [3.05, 3.63) is 29.8 Å². The van der Waals surface area contributed by atoms with Gasteiger partial charge in [0.25, 0.3) is 0 Å². The molecule has 1 aromatic carbocycles. The van der Waals surface area contributed by atoms with E-state index in [1.54, 1.807) is 24.3 Å². The standard InChI is InChI=1S/C16H24N2O3/c1-18(8-3-2-4-9-19)12-15(20)13-21-16-7-5-6-14(10-16)11-17/h5-7,10,15,19-20H,2-4,8-9,12-13H2,1H3. The van der Waals surface area contributed by atoms with Crippen LogP contribution < -0.4 is 4.74 Å². The van der Waals surface area contributed by atoms with Gasteiger partial charge in [0.05, 0.1) is 11.6 Å².